The summed E-state index contributed by atoms with van der Waals surface area (Å²) in [5, 5.41) is 0. The fourth-order valence-electron chi connectivity index (χ4n) is 6.63. The fourth-order valence-corrected chi connectivity index (χ4v) is 6.63. The van der Waals surface area contributed by atoms with Crippen LogP contribution < -0.4 is 0 Å². The lowest BCUT2D eigenvalue weighted by Crippen LogP contribution is -2.65. The Bertz CT molecular complexity index is 299. The maximum Gasteiger partial charge on any atom is 0.0222 e. The van der Waals surface area contributed by atoms with Gasteiger partial charge in [0.15, 0.2) is 0 Å². The van der Waals surface area contributed by atoms with Crippen molar-refractivity contribution in [1.29, 1.82) is 0 Å². The molecule has 1 heteroatoms. The van der Waals surface area contributed by atoms with Crippen molar-refractivity contribution >= 4 is 0 Å². The molecule has 0 spiro atoms. The third-order valence-electron chi connectivity index (χ3n) is 6.03. The Kier molecular flexibility index (Phi) is 2.47. The van der Waals surface area contributed by atoms with Gasteiger partial charge in [-0.3, -0.25) is 4.90 Å². The molecule has 0 radical (unpaired) electrons. The van der Waals surface area contributed by atoms with Crippen LogP contribution in [0.15, 0.2) is 0 Å². The predicted octanol–water partition coefficient (Wildman–Crippen LogP) is 4.08. The summed E-state index contributed by atoms with van der Waals surface area (Å²) in [4.78, 5) is 2.80. The van der Waals surface area contributed by atoms with Crippen molar-refractivity contribution < 1.29 is 0 Å². The molecule has 0 heterocycles. The van der Waals surface area contributed by atoms with Gasteiger partial charge in [-0.25, -0.2) is 0 Å². The summed E-state index contributed by atoms with van der Waals surface area (Å²) in [6, 6.07) is 0. The largest absolute Gasteiger partial charge is 0.298 e. The summed E-state index contributed by atoms with van der Waals surface area (Å²) < 4.78 is 0. The van der Waals surface area contributed by atoms with Crippen LogP contribution >= 0.6 is 0 Å². The average Bonchev–Trinajstić information content (AvgIpc) is 2.12. The molecule has 4 saturated carbocycles. The van der Waals surface area contributed by atoms with Gasteiger partial charge in [0.1, 0.15) is 0 Å². The Morgan fingerprint density at radius 3 is 1.82 bits per heavy atom. The second kappa shape index (κ2) is 3.50. The lowest BCUT2D eigenvalue weighted by molar-refractivity contribution is -0.159. The van der Waals surface area contributed by atoms with Gasteiger partial charge in [-0.1, -0.05) is 27.7 Å². The fraction of sp³-hybridized carbons (Fsp3) is 1.00. The van der Waals surface area contributed by atoms with Crippen LogP contribution in [0.2, 0.25) is 0 Å². The Labute approximate surface area is 107 Å². The summed E-state index contributed by atoms with van der Waals surface area (Å²) in [7, 11) is 0. The molecule has 4 bridgehead atoms. The Balaban J connectivity index is 1.97. The highest BCUT2D eigenvalue weighted by Gasteiger charge is 2.61. The Morgan fingerprint density at radius 1 is 0.882 bits per heavy atom. The van der Waals surface area contributed by atoms with Crippen molar-refractivity contribution in [2.24, 2.45) is 16.7 Å². The van der Waals surface area contributed by atoms with Crippen LogP contribution in [0.1, 0.15) is 66.2 Å². The van der Waals surface area contributed by atoms with Crippen LogP contribution in [0.25, 0.3) is 0 Å². The Morgan fingerprint density at radius 2 is 1.41 bits per heavy atom. The summed E-state index contributed by atoms with van der Waals surface area (Å²) in [5.41, 5.74) is 1.90. The first kappa shape index (κ1) is 12.0. The van der Waals surface area contributed by atoms with E-state index in [0.29, 0.717) is 16.4 Å². The van der Waals surface area contributed by atoms with Crippen molar-refractivity contribution in [3.8, 4) is 0 Å². The Hall–Kier alpha value is -0.0400. The highest BCUT2D eigenvalue weighted by molar-refractivity contribution is 5.14. The second-order valence-corrected chi connectivity index (χ2v) is 8.03. The van der Waals surface area contributed by atoms with Crippen molar-refractivity contribution in [3.63, 3.8) is 0 Å². The lowest BCUT2D eigenvalue weighted by atomic mass is 9.42. The third-order valence-corrected chi connectivity index (χ3v) is 6.03. The van der Waals surface area contributed by atoms with Crippen molar-refractivity contribution in [3.05, 3.63) is 0 Å². The van der Waals surface area contributed by atoms with Crippen LogP contribution in [-0.4, -0.2) is 23.5 Å². The van der Waals surface area contributed by atoms with Gasteiger partial charge in [-0.2, -0.15) is 0 Å². The van der Waals surface area contributed by atoms with E-state index in [2.05, 4.69) is 32.6 Å². The molecule has 0 aromatic heterocycles. The molecule has 98 valence electrons. The molecule has 0 saturated heterocycles. The molecule has 17 heavy (non-hydrogen) atoms. The van der Waals surface area contributed by atoms with Crippen molar-refractivity contribution in [1.82, 2.24) is 4.90 Å². The molecule has 4 aliphatic carbocycles. The zero-order valence-electron chi connectivity index (χ0n) is 12.2. The maximum atomic E-state index is 2.80. The highest BCUT2D eigenvalue weighted by Crippen LogP contribution is 2.67. The minimum absolute atomic E-state index is 0.576. The van der Waals surface area contributed by atoms with Gasteiger partial charge in [-0.05, 0) is 68.4 Å². The summed E-state index contributed by atoms with van der Waals surface area (Å²) >= 11 is 0. The topological polar surface area (TPSA) is 3.24 Å². The normalized spacial score (nSPS) is 52.4. The highest BCUT2D eigenvalue weighted by atomic mass is 15.2. The SMILES string of the molecule is CCN(CC)C12CC3CC(C)(CC(C)(C3)C1)C2. The number of rotatable bonds is 3. The number of nitrogens with zero attached hydrogens (tertiary/aromatic N) is 1. The van der Waals surface area contributed by atoms with Gasteiger partial charge in [0.25, 0.3) is 0 Å². The molecule has 0 aromatic rings. The second-order valence-electron chi connectivity index (χ2n) is 8.03. The first-order chi connectivity index (χ1) is 7.93. The standard InChI is InChI=1S/C16H29N/c1-5-17(6-2)16-9-13-7-14(3,11-16)10-15(4,8-13)12-16/h13H,5-12H2,1-4H3. The minimum atomic E-state index is 0.576. The third kappa shape index (κ3) is 1.69. The first-order valence-electron chi connectivity index (χ1n) is 7.68. The molecule has 0 aromatic carbocycles. The zero-order valence-corrected chi connectivity index (χ0v) is 12.2. The minimum Gasteiger partial charge on any atom is -0.298 e. The summed E-state index contributed by atoms with van der Waals surface area (Å²) in [6.07, 6.45) is 9.00. The first-order valence-corrected chi connectivity index (χ1v) is 7.68. The molecule has 2 atom stereocenters. The van der Waals surface area contributed by atoms with E-state index in [1.54, 1.807) is 0 Å². The molecular formula is C16H29N. The summed E-state index contributed by atoms with van der Waals surface area (Å²) in [5.74, 6) is 1.03. The quantitative estimate of drug-likeness (QED) is 0.712. The van der Waals surface area contributed by atoms with Crippen LogP contribution in [0.3, 0.4) is 0 Å². The molecule has 0 amide bonds. The molecule has 2 unspecified atom stereocenters. The number of hydrogen-bond donors (Lipinski definition) is 0. The van der Waals surface area contributed by atoms with Crippen molar-refractivity contribution in [2.75, 3.05) is 13.1 Å². The van der Waals surface area contributed by atoms with E-state index < -0.39 is 0 Å². The van der Waals surface area contributed by atoms with Gasteiger partial charge in [0.2, 0.25) is 0 Å². The molecule has 0 N–H and O–H groups in total. The van der Waals surface area contributed by atoms with Gasteiger partial charge < -0.3 is 0 Å². The van der Waals surface area contributed by atoms with Crippen LogP contribution in [0.5, 0.6) is 0 Å². The van der Waals surface area contributed by atoms with Crippen molar-refractivity contribution in [2.45, 2.75) is 71.8 Å². The number of hydrogen-bond acceptors (Lipinski definition) is 1. The van der Waals surface area contributed by atoms with E-state index in [9.17, 15) is 0 Å². The molecule has 4 rings (SSSR count). The van der Waals surface area contributed by atoms with E-state index >= 15 is 0 Å². The van der Waals surface area contributed by atoms with Gasteiger partial charge in [0, 0.05) is 5.54 Å². The van der Waals surface area contributed by atoms with Crippen LogP contribution in [0.4, 0.5) is 0 Å². The van der Waals surface area contributed by atoms with E-state index in [4.69, 9.17) is 0 Å². The predicted molar refractivity (Wildman–Crippen MR) is 73.1 cm³/mol. The van der Waals surface area contributed by atoms with Gasteiger partial charge >= 0.3 is 0 Å². The zero-order chi connectivity index (χ0) is 12.3. The maximum absolute atomic E-state index is 2.80. The van der Waals surface area contributed by atoms with Crippen LogP contribution in [0, 0.1) is 16.7 Å². The van der Waals surface area contributed by atoms with E-state index in [-0.39, 0.29) is 0 Å². The van der Waals surface area contributed by atoms with E-state index in [0.717, 1.165) is 5.92 Å². The molecular weight excluding hydrogens is 206 g/mol. The van der Waals surface area contributed by atoms with Gasteiger partial charge in [-0.15, -0.1) is 0 Å². The molecule has 4 aliphatic rings. The summed E-state index contributed by atoms with van der Waals surface area (Å²) in [6.45, 7) is 12.4. The van der Waals surface area contributed by atoms with E-state index in [1.165, 1.54) is 51.6 Å². The van der Waals surface area contributed by atoms with E-state index in [1.807, 2.05) is 0 Å². The van der Waals surface area contributed by atoms with Crippen LogP contribution in [-0.2, 0) is 0 Å². The lowest BCUT2D eigenvalue weighted by Gasteiger charge is -2.67. The average molecular weight is 235 g/mol. The monoisotopic (exact) mass is 235 g/mol. The molecule has 4 fully saturated rings. The van der Waals surface area contributed by atoms with Gasteiger partial charge in [0.05, 0.1) is 0 Å². The molecule has 1 nitrogen and oxygen atoms in total. The smallest absolute Gasteiger partial charge is 0.0222 e. The molecule has 0 aliphatic heterocycles.